The molecule has 0 saturated heterocycles. The molecule has 1 amide bonds. The Morgan fingerprint density at radius 1 is 1.29 bits per heavy atom. The molecule has 2 aromatic rings. The number of carbonyl (C=O) groups is 1. The second-order valence-corrected chi connectivity index (χ2v) is 5.78. The van der Waals surface area contributed by atoms with E-state index >= 15 is 0 Å². The Morgan fingerprint density at radius 2 is 2.00 bits per heavy atom. The third-order valence-electron chi connectivity index (χ3n) is 3.22. The lowest BCUT2D eigenvalue weighted by Crippen LogP contribution is -2.20. The molecule has 1 N–H and O–H groups in total. The van der Waals surface area contributed by atoms with Gasteiger partial charge in [0.05, 0.1) is 12.0 Å². The highest BCUT2D eigenvalue weighted by Gasteiger charge is 2.05. The van der Waals surface area contributed by atoms with Crippen molar-refractivity contribution in [1.29, 1.82) is 0 Å². The Hall–Kier alpha value is -2.67. The van der Waals surface area contributed by atoms with E-state index in [1.807, 2.05) is 12.1 Å². The summed E-state index contributed by atoms with van der Waals surface area (Å²) in [7, 11) is 1.56. The van der Waals surface area contributed by atoms with E-state index in [1.165, 1.54) is 18.2 Å². The summed E-state index contributed by atoms with van der Waals surface area (Å²) in [5.41, 5.74) is 1.58. The number of ether oxygens (including phenoxy) is 1. The molecule has 0 aliphatic rings. The number of non-ortho nitro benzene ring substituents is 1. The number of hydrogen-bond donors (Lipinski definition) is 1. The first-order valence-electron chi connectivity index (χ1n) is 7.02. The topological polar surface area (TPSA) is 81.5 Å². The smallest absolute Gasteiger partial charge is 0.269 e. The van der Waals surface area contributed by atoms with Crippen LogP contribution in [0.3, 0.4) is 0 Å². The first kappa shape index (κ1) is 17.7. The number of halogens is 1. The highest BCUT2D eigenvalue weighted by Crippen LogP contribution is 2.24. The number of hydrogen-bond acceptors (Lipinski definition) is 4. The number of nitrogens with zero attached hydrogens (tertiary/aromatic N) is 1. The van der Waals surface area contributed by atoms with Gasteiger partial charge in [0.1, 0.15) is 5.75 Å². The molecule has 2 aromatic carbocycles. The number of nitro benzene ring substituents is 1. The lowest BCUT2D eigenvalue weighted by Gasteiger charge is -2.05. The standard InChI is InChI=1S/C17H15BrN2O4/c1-24-16-8-5-14(18)10-13(16)4-9-17(21)19-11-12-2-6-15(7-3-12)20(22)23/h2-10H,11H2,1H3,(H,19,21)/b9-4+. The Kier molecular flexibility index (Phi) is 6.08. The highest BCUT2D eigenvalue weighted by atomic mass is 79.9. The van der Waals surface area contributed by atoms with Crippen molar-refractivity contribution in [3.63, 3.8) is 0 Å². The molecular formula is C17H15BrN2O4. The molecule has 124 valence electrons. The van der Waals surface area contributed by atoms with E-state index in [1.54, 1.807) is 31.4 Å². The van der Waals surface area contributed by atoms with Gasteiger partial charge < -0.3 is 10.1 Å². The van der Waals surface area contributed by atoms with Crippen LogP contribution in [0.5, 0.6) is 5.75 Å². The predicted molar refractivity (Wildman–Crippen MR) is 94.7 cm³/mol. The van der Waals surface area contributed by atoms with Gasteiger partial charge in [0.2, 0.25) is 5.91 Å². The summed E-state index contributed by atoms with van der Waals surface area (Å²) in [6.45, 7) is 0.288. The molecule has 0 aliphatic heterocycles. The monoisotopic (exact) mass is 390 g/mol. The van der Waals surface area contributed by atoms with E-state index in [2.05, 4.69) is 21.2 Å². The third-order valence-corrected chi connectivity index (χ3v) is 3.71. The van der Waals surface area contributed by atoms with Crippen molar-refractivity contribution in [2.75, 3.05) is 7.11 Å². The van der Waals surface area contributed by atoms with Gasteiger partial charge >= 0.3 is 0 Å². The highest BCUT2D eigenvalue weighted by molar-refractivity contribution is 9.10. The number of rotatable bonds is 6. The summed E-state index contributed by atoms with van der Waals surface area (Å²) in [5.74, 6) is 0.396. The van der Waals surface area contributed by atoms with Gasteiger partial charge in [0, 0.05) is 34.8 Å². The van der Waals surface area contributed by atoms with E-state index < -0.39 is 4.92 Å². The number of benzene rings is 2. The van der Waals surface area contributed by atoms with E-state index in [4.69, 9.17) is 4.74 Å². The molecule has 6 nitrogen and oxygen atoms in total. The van der Waals surface area contributed by atoms with Crippen molar-refractivity contribution >= 4 is 33.6 Å². The first-order valence-corrected chi connectivity index (χ1v) is 7.81. The average Bonchev–Trinajstić information content (AvgIpc) is 2.58. The van der Waals surface area contributed by atoms with Crippen molar-refractivity contribution < 1.29 is 14.5 Å². The lowest BCUT2D eigenvalue weighted by molar-refractivity contribution is -0.384. The fraction of sp³-hybridized carbons (Fsp3) is 0.118. The van der Waals surface area contributed by atoms with Crippen LogP contribution >= 0.6 is 15.9 Å². The summed E-state index contributed by atoms with van der Waals surface area (Å²) < 4.78 is 6.12. The van der Waals surface area contributed by atoms with Gasteiger partial charge in [-0.1, -0.05) is 28.1 Å². The number of nitrogens with one attached hydrogen (secondary N) is 1. The maximum atomic E-state index is 11.9. The molecule has 0 aliphatic carbocycles. The fourth-order valence-electron chi connectivity index (χ4n) is 1.98. The first-order chi connectivity index (χ1) is 11.5. The molecule has 24 heavy (non-hydrogen) atoms. The van der Waals surface area contributed by atoms with Gasteiger partial charge in [-0.15, -0.1) is 0 Å². The predicted octanol–water partition coefficient (Wildman–Crippen LogP) is 3.70. The Morgan fingerprint density at radius 3 is 2.62 bits per heavy atom. The molecule has 0 unspecified atom stereocenters. The van der Waals surface area contributed by atoms with Crippen LogP contribution < -0.4 is 10.1 Å². The molecule has 0 radical (unpaired) electrons. The minimum atomic E-state index is -0.462. The van der Waals surface area contributed by atoms with Crippen LogP contribution in [0.4, 0.5) is 5.69 Å². The van der Waals surface area contributed by atoms with Gasteiger partial charge in [-0.3, -0.25) is 14.9 Å². The minimum absolute atomic E-state index is 0.0201. The fourth-order valence-corrected chi connectivity index (χ4v) is 2.36. The molecule has 7 heteroatoms. The van der Waals surface area contributed by atoms with Crippen LogP contribution in [0.2, 0.25) is 0 Å². The van der Waals surface area contributed by atoms with E-state index in [9.17, 15) is 14.9 Å². The molecule has 0 bridgehead atoms. The molecule has 0 heterocycles. The van der Waals surface area contributed by atoms with E-state index in [0.717, 1.165) is 15.6 Å². The zero-order valence-electron chi connectivity index (χ0n) is 12.9. The SMILES string of the molecule is COc1ccc(Br)cc1/C=C/C(=O)NCc1ccc([N+](=O)[O-])cc1. The summed E-state index contributed by atoms with van der Waals surface area (Å²) in [5, 5.41) is 13.3. The normalized spacial score (nSPS) is 10.6. The van der Waals surface area contributed by atoms with Crippen LogP contribution in [0, 0.1) is 10.1 Å². The maximum Gasteiger partial charge on any atom is 0.269 e. The van der Waals surface area contributed by atoms with Gasteiger partial charge in [-0.05, 0) is 29.8 Å². The van der Waals surface area contributed by atoms with Crippen molar-refractivity contribution in [1.82, 2.24) is 5.32 Å². The second-order valence-electron chi connectivity index (χ2n) is 4.86. The zero-order chi connectivity index (χ0) is 17.5. The molecule has 0 saturated carbocycles. The van der Waals surface area contributed by atoms with Crippen molar-refractivity contribution in [2.45, 2.75) is 6.54 Å². The largest absolute Gasteiger partial charge is 0.496 e. The summed E-state index contributed by atoms with van der Waals surface area (Å²) >= 11 is 3.37. The summed E-state index contributed by atoms with van der Waals surface area (Å²) in [6, 6.07) is 11.5. The van der Waals surface area contributed by atoms with E-state index in [-0.39, 0.29) is 18.1 Å². The Labute approximate surface area is 147 Å². The van der Waals surface area contributed by atoms with Gasteiger partial charge in [-0.2, -0.15) is 0 Å². The quantitative estimate of drug-likeness (QED) is 0.463. The van der Waals surface area contributed by atoms with Crippen molar-refractivity contribution in [3.05, 3.63) is 74.3 Å². The summed E-state index contributed by atoms with van der Waals surface area (Å²) in [4.78, 5) is 22.0. The summed E-state index contributed by atoms with van der Waals surface area (Å²) in [6.07, 6.45) is 3.07. The van der Waals surface area contributed by atoms with Crippen LogP contribution in [0.1, 0.15) is 11.1 Å². The van der Waals surface area contributed by atoms with Crippen LogP contribution in [0.15, 0.2) is 53.0 Å². The van der Waals surface area contributed by atoms with Crippen molar-refractivity contribution in [2.24, 2.45) is 0 Å². The van der Waals surface area contributed by atoms with Gasteiger partial charge in [-0.25, -0.2) is 0 Å². The number of amides is 1. The Balaban J connectivity index is 1.96. The van der Waals surface area contributed by atoms with E-state index in [0.29, 0.717) is 5.75 Å². The molecule has 0 aromatic heterocycles. The molecule has 0 fully saturated rings. The number of methoxy groups -OCH3 is 1. The van der Waals surface area contributed by atoms with Gasteiger partial charge in [0.15, 0.2) is 0 Å². The molecule has 0 spiro atoms. The average molecular weight is 391 g/mol. The second kappa shape index (κ2) is 8.26. The zero-order valence-corrected chi connectivity index (χ0v) is 14.4. The minimum Gasteiger partial charge on any atom is -0.496 e. The maximum absolute atomic E-state index is 11.9. The number of nitro groups is 1. The number of carbonyl (C=O) groups excluding carboxylic acids is 1. The lowest BCUT2D eigenvalue weighted by atomic mass is 10.2. The molecule has 0 atom stereocenters. The Bertz CT molecular complexity index is 773. The molecule has 2 rings (SSSR count). The van der Waals surface area contributed by atoms with Crippen LogP contribution in [0.25, 0.3) is 6.08 Å². The van der Waals surface area contributed by atoms with Crippen LogP contribution in [-0.4, -0.2) is 17.9 Å². The molecular weight excluding hydrogens is 376 g/mol. The third kappa shape index (κ3) is 4.92. The van der Waals surface area contributed by atoms with Gasteiger partial charge in [0.25, 0.3) is 5.69 Å². The van der Waals surface area contributed by atoms with Crippen LogP contribution in [-0.2, 0) is 11.3 Å². The van der Waals surface area contributed by atoms with Crippen molar-refractivity contribution in [3.8, 4) is 5.75 Å².